The quantitative estimate of drug-likeness (QED) is 0.0635. The summed E-state index contributed by atoms with van der Waals surface area (Å²) in [6.45, 7) is 13.9. The predicted molar refractivity (Wildman–Crippen MR) is 584 cm³/mol. The molecule has 0 aliphatic carbocycles. The Labute approximate surface area is 994 Å². The van der Waals surface area contributed by atoms with Crippen LogP contribution < -0.4 is 0 Å². The smallest absolute Gasteiger partial charge is 0.155 e. The summed E-state index contributed by atoms with van der Waals surface area (Å²) in [5, 5.41) is 20.0. The molecule has 13 aromatic carbocycles. The molecule has 0 unspecified atom stereocenters. The third-order valence-electron chi connectivity index (χ3n) is 20.5. The summed E-state index contributed by atoms with van der Waals surface area (Å²) in [7, 11) is 0. The van der Waals surface area contributed by atoms with Gasteiger partial charge in [0.1, 0.15) is 0 Å². The molecule has 0 bridgehead atoms. The largest absolute Gasteiger partial charge is 0.512 e. The van der Waals surface area contributed by atoms with E-state index < -0.39 is 0 Å². The number of thiazole rings is 2. The van der Waals surface area contributed by atoms with Gasteiger partial charge in [-0.1, -0.05) is 194 Å². The molecule has 766 valence electrons. The topological polar surface area (TPSA) is 178 Å². The van der Waals surface area contributed by atoms with Crippen molar-refractivity contribution in [1.82, 2.24) is 39.9 Å². The monoisotopic (exact) mass is 3430 g/mol. The number of aromatic nitrogens is 8. The second kappa shape index (κ2) is 69.5. The molecule has 0 saturated heterocycles. The van der Waals surface area contributed by atoms with E-state index in [-0.39, 0.29) is 184 Å². The number of thiophene rings is 1. The molecule has 0 fully saturated rings. The van der Waals surface area contributed by atoms with Gasteiger partial charge < -0.3 is 40.1 Å². The van der Waals surface area contributed by atoms with Crippen LogP contribution in [0.4, 0.5) is 0 Å². The van der Waals surface area contributed by atoms with Gasteiger partial charge in [-0.15, -0.1) is 274 Å². The Kier molecular flexibility index (Phi) is 59.5. The van der Waals surface area contributed by atoms with E-state index in [1.54, 1.807) is 34.0 Å². The van der Waals surface area contributed by atoms with E-state index in [2.05, 4.69) is 237 Å². The number of aliphatic hydroxyl groups excluding tert-OH is 2. The summed E-state index contributed by atoms with van der Waals surface area (Å²) in [5.41, 5.74) is 27.2. The summed E-state index contributed by atoms with van der Waals surface area (Å²) < 4.78 is 3.73. The molecule has 22 rings (SSSR count). The van der Waals surface area contributed by atoms with Gasteiger partial charge in [0.2, 0.25) is 0 Å². The van der Waals surface area contributed by atoms with Gasteiger partial charge in [0.05, 0.1) is 27.6 Å². The van der Waals surface area contributed by atoms with E-state index in [4.69, 9.17) is 10.2 Å². The maximum Gasteiger partial charge on any atom is 0.155 e. The first-order chi connectivity index (χ1) is 68.9. The minimum Gasteiger partial charge on any atom is -0.512 e. The minimum atomic E-state index is -0.125. The van der Waals surface area contributed by atoms with Gasteiger partial charge in [-0.2, -0.15) is 22.7 Å². The van der Waals surface area contributed by atoms with Crippen LogP contribution in [0.25, 0.3) is 152 Å². The Balaban J connectivity index is 0.000000292. The normalized spacial score (nSPS) is 9.91. The number of nitrogens with zero attached hydrogens (tertiary/aromatic N) is 8. The molecular formula is C126H100Ir8N8O4S3-8. The molecule has 9 aromatic heterocycles. The van der Waals surface area contributed by atoms with Gasteiger partial charge in [0.15, 0.2) is 11.6 Å². The molecule has 0 aliphatic rings. The number of allylic oxidation sites excluding steroid dienone is 4. The van der Waals surface area contributed by atoms with Crippen molar-refractivity contribution < 1.29 is 181 Å². The fourth-order valence-corrected chi connectivity index (χ4v) is 16.8. The molecule has 8 radical (unpaired) electrons. The predicted octanol–water partition coefficient (Wildman–Crippen LogP) is 32.3. The van der Waals surface area contributed by atoms with Crippen LogP contribution in [0.5, 0.6) is 0 Å². The average Bonchev–Trinajstić information content (AvgIpc) is 1.65. The van der Waals surface area contributed by atoms with Crippen molar-refractivity contribution in [3.63, 3.8) is 0 Å². The number of aliphatic hydroxyl groups is 2. The van der Waals surface area contributed by atoms with Gasteiger partial charge in [0, 0.05) is 225 Å². The van der Waals surface area contributed by atoms with E-state index in [0.29, 0.717) is 0 Å². The molecular weight excluding hydrogens is 3320 g/mol. The van der Waals surface area contributed by atoms with E-state index in [1.807, 2.05) is 317 Å². The van der Waals surface area contributed by atoms with Crippen LogP contribution in [0.15, 0.2) is 461 Å². The molecule has 0 aliphatic heterocycles. The van der Waals surface area contributed by atoms with Crippen molar-refractivity contribution in [3.05, 3.63) is 532 Å². The Morgan fingerprint density at radius 2 is 0.671 bits per heavy atom. The molecule has 2 N–H and O–H groups in total. The molecule has 0 atom stereocenters. The van der Waals surface area contributed by atoms with Crippen LogP contribution in [0, 0.1) is 76.2 Å². The van der Waals surface area contributed by atoms with Gasteiger partial charge >= 0.3 is 0 Å². The summed E-state index contributed by atoms with van der Waals surface area (Å²) in [6.07, 6.45) is 13.4. The number of aryl methyl sites for hydroxylation is 4. The standard InChI is InChI=1S/3C17H12N.C15H8NS2.C14H10NS.3C12H10N.2C5H8O2.8Ir/c1-3-8-14(9-4-1)16-12-7-13-18-17(16)15-10-5-2-6-11-15;1-3-7-14(8-4-1)16-11-12-18-17(13-16)15-9-5-2-6-10-15;1-3-7-14(8-4-1)16-11-12-17(18-13-16)15-9-5-2-6-10-15;1-3-7-12-10(5-1)9-14(17-12)15-16-11-6-2-4-8-13(11)18-15;1-10-5-4-6-11(9-10)14-15-12-7-2-3-8-13(12)16-14;1-10-6-5-9-13-12(10)11-7-3-2-4-8-11;1-10-7-8-13-12(9-10)11-5-3-2-4-6-11;1-10-7-8-12(13-9-10)11-5-3-2-4-6-11;2*1-4(6)3-5(2)7;;;;;;;;/h1-10,12-13H;2*1-9,11-13H;1-8H;2-5,7-9H,1H3;2-7,9H,1H3;2*2-5,7-9H,1H3;2*3,6H,1-2H3;;;;;;;;/q8*-1;;;;;;;;;;. The van der Waals surface area contributed by atoms with Crippen molar-refractivity contribution in [3.8, 4) is 121 Å². The number of fused-ring (bicyclic) bond motifs is 3. The van der Waals surface area contributed by atoms with Gasteiger partial charge in [-0.25, -0.2) is 11.3 Å². The van der Waals surface area contributed by atoms with Crippen molar-refractivity contribution in [2.45, 2.75) is 55.4 Å². The Hall–Kier alpha value is -11.9. The van der Waals surface area contributed by atoms with Crippen LogP contribution in [-0.4, -0.2) is 61.7 Å². The molecule has 149 heavy (non-hydrogen) atoms. The zero-order chi connectivity index (χ0) is 98.5. The first-order valence-electron chi connectivity index (χ1n) is 45.4. The Morgan fingerprint density at radius 3 is 1.11 bits per heavy atom. The van der Waals surface area contributed by atoms with Crippen molar-refractivity contribution in [1.29, 1.82) is 0 Å². The van der Waals surface area contributed by atoms with Crippen molar-refractivity contribution >= 4 is 76.1 Å². The molecule has 22 aromatic rings. The molecule has 0 saturated carbocycles. The van der Waals surface area contributed by atoms with Crippen LogP contribution in [-0.2, 0) is 170 Å². The third kappa shape index (κ3) is 42.1. The number of carbonyl (C=O) groups excluding carboxylic acids is 2. The fourth-order valence-electron chi connectivity index (χ4n) is 13.8. The molecule has 9 heterocycles. The molecule has 23 heteroatoms. The number of carbonyl (C=O) groups is 2. The fraction of sp³-hybridized carbons (Fsp3) is 0.0635. The molecule has 0 spiro atoms. The van der Waals surface area contributed by atoms with E-state index >= 15 is 0 Å². The number of pyridine rings is 6. The van der Waals surface area contributed by atoms with Gasteiger partial charge in [-0.3, -0.25) is 19.6 Å². The summed E-state index contributed by atoms with van der Waals surface area (Å²) in [6, 6.07) is 159. The molecule has 12 nitrogen and oxygen atoms in total. The number of para-hydroxylation sites is 2. The zero-order valence-corrected chi connectivity index (χ0v) is 104. The van der Waals surface area contributed by atoms with Crippen LogP contribution in [0.1, 0.15) is 49.9 Å². The summed E-state index contributed by atoms with van der Waals surface area (Å²) in [4.78, 5) is 56.8. The second-order valence-corrected chi connectivity index (χ2v) is 34.8. The summed E-state index contributed by atoms with van der Waals surface area (Å²) in [5.74, 6) is -0.125. The van der Waals surface area contributed by atoms with Crippen molar-refractivity contribution in [2.24, 2.45) is 0 Å². The first kappa shape index (κ1) is 128. The van der Waals surface area contributed by atoms with Crippen molar-refractivity contribution in [2.75, 3.05) is 0 Å². The number of ketones is 2. The van der Waals surface area contributed by atoms with E-state index in [9.17, 15) is 9.59 Å². The van der Waals surface area contributed by atoms with E-state index in [0.717, 1.165) is 110 Å². The van der Waals surface area contributed by atoms with Crippen LogP contribution in [0.2, 0.25) is 0 Å². The zero-order valence-electron chi connectivity index (χ0n) is 81.9. The number of rotatable bonds is 13. The Bertz CT molecular complexity index is 7320. The minimum absolute atomic E-state index is 0. The molecule has 0 amide bonds. The number of hydrogen-bond acceptors (Lipinski definition) is 15. The second-order valence-electron chi connectivity index (χ2n) is 31.7. The SMILES string of the molecule is CC(=O)C=C(C)O.CC(=O)C=C(C)O.Cc1cc[c-]c(-c2nc3ccccc3s2)c1.Cc1ccc(-c2[c-]cccc2)nc1.Cc1cccnc1-c1[c-]cccc1.Cc1ccnc(-c2[c-]cccc2)c1.[Ir].[Ir].[Ir].[Ir].[Ir].[Ir].[Ir].[Ir].[c-]1c(-c2nc3ccccc3s2)sc2ccccc12.[c-]1ccccc1-c1cc(-c2ccccc2)ccn1.[c-]1ccccc1-c1ccc(-c2ccccc2)cn1.[c-]1ccccc1-c1ncccc1-c1ccccc1. The summed E-state index contributed by atoms with van der Waals surface area (Å²) >= 11 is 5.21. The number of benzene rings is 13. The van der Waals surface area contributed by atoms with Gasteiger partial charge in [-0.05, 0) is 180 Å². The third-order valence-corrected chi connectivity index (χ3v) is 23.8. The Morgan fingerprint density at radius 1 is 0.275 bits per heavy atom. The van der Waals surface area contributed by atoms with Crippen LogP contribution in [0.3, 0.4) is 0 Å². The maximum atomic E-state index is 10.0. The van der Waals surface area contributed by atoms with E-state index in [1.165, 1.54) is 104 Å². The first-order valence-corrected chi connectivity index (χ1v) is 47.8. The van der Waals surface area contributed by atoms with Crippen LogP contribution >= 0.6 is 34.0 Å². The maximum absolute atomic E-state index is 10.0. The number of hydrogen-bond donors (Lipinski definition) is 2. The van der Waals surface area contributed by atoms with Gasteiger partial charge in [0.25, 0.3) is 0 Å². The average molecular weight is 3420 g/mol.